The summed E-state index contributed by atoms with van der Waals surface area (Å²) in [6, 6.07) is 5.81. The highest BCUT2D eigenvalue weighted by atomic mass is 35.5. The minimum Gasteiger partial charge on any atom is -0.244 e. The van der Waals surface area contributed by atoms with E-state index in [1.807, 2.05) is 22.9 Å². The molecule has 14 heavy (non-hydrogen) atoms. The SMILES string of the molecule is Clc1cccc2c1nnn2CC1CC1. The van der Waals surface area contributed by atoms with Gasteiger partial charge in [0.25, 0.3) is 0 Å². The Kier molecular flexibility index (Phi) is 1.74. The Morgan fingerprint density at radius 2 is 2.29 bits per heavy atom. The van der Waals surface area contributed by atoms with Gasteiger partial charge in [0.15, 0.2) is 0 Å². The van der Waals surface area contributed by atoms with Crippen LogP contribution in [0.5, 0.6) is 0 Å². The van der Waals surface area contributed by atoms with Gasteiger partial charge < -0.3 is 0 Å². The van der Waals surface area contributed by atoms with Crippen LogP contribution in [0.1, 0.15) is 12.8 Å². The molecule has 0 spiro atoms. The minimum atomic E-state index is 0.685. The lowest BCUT2D eigenvalue weighted by Crippen LogP contribution is -2.01. The topological polar surface area (TPSA) is 30.7 Å². The van der Waals surface area contributed by atoms with Crippen molar-refractivity contribution < 1.29 is 0 Å². The number of benzene rings is 1. The molecule has 1 heterocycles. The standard InChI is InChI=1S/C10H10ClN3/c11-8-2-1-3-9-10(8)12-13-14(9)6-7-4-5-7/h1-3,7H,4-6H2. The Hall–Kier alpha value is -1.09. The van der Waals surface area contributed by atoms with Gasteiger partial charge in [0, 0.05) is 6.54 Å². The van der Waals surface area contributed by atoms with Crippen molar-refractivity contribution in [1.29, 1.82) is 0 Å². The number of aromatic nitrogens is 3. The molecule has 3 nitrogen and oxygen atoms in total. The maximum Gasteiger partial charge on any atom is 0.131 e. The predicted molar refractivity (Wildman–Crippen MR) is 55.3 cm³/mol. The van der Waals surface area contributed by atoms with Gasteiger partial charge >= 0.3 is 0 Å². The van der Waals surface area contributed by atoms with Crippen LogP contribution in [0.2, 0.25) is 5.02 Å². The van der Waals surface area contributed by atoms with E-state index in [4.69, 9.17) is 11.6 Å². The number of hydrogen-bond donors (Lipinski definition) is 0. The van der Waals surface area contributed by atoms with Crippen molar-refractivity contribution in [3.8, 4) is 0 Å². The fraction of sp³-hybridized carbons (Fsp3) is 0.400. The lowest BCUT2D eigenvalue weighted by atomic mass is 10.3. The highest BCUT2D eigenvalue weighted by Crippen LogP contribution is 2.31. The van der Waals surface area contributed by atoms with Gasteiger partial charge in [-0.2, -0.15) is 0 Å². The fourth-order valence-corrected chi connectivity index (χ4v) is 1.85. The quantitative estimate of drug-likeness (QED) is 0.758. The van der Waals surface area contributed by atoms with Crippen LogP contribution in [0.4, 0.5) is 0 Å². The third-order valence-electron chi connectivity index (χ3n) is 2.62. The van der Waals surface area contributed by atoms with Gasteiger partial charge in [0.05, 0.1) is 10.5 Å². The smallest absolute Gasteiger partial charge is 0.131 e. The Bertz CT molecular complexity index is 473. The monoisotopic (exact) mass is 207 g/mol. The molecule has 0 atom stereocenters. The van der Waals surface area contributed by atoms with Crippen LogP contribution in [0.25, 0.3) is 11.0 Å². The average molecular weight is 208 g/mol. The molecule has 1 aromatic carbocycles. The van der Waals surface area contributed by atoms with Crippen molar-refractivity contribution in [3.63, 3.8) is 0 Å². The summed E-state index contributed by atoms with van der Waals surface area (Å²) in [5, 5.41) is 8.88. The molecule has 0 saturated heterocycles. The number of hydrogen-bond acceptors (Lipinski definition) is 2. The molecule has 1 saturated carbocycles. The van der Waals surface area contributed by atoms with Crippen LogP contribution in [0.3, 0.4) is 0 Å². The molecular formula is C10H10ClN3. The summed E-state index contributed by atoms with van der Waals surface area (Å²) in [4.78, 5) is 0. The second kappa shape index (κ2) is 2.95. The van der Waals surface area contributed by atoms with E-state index in [9.17, 15) is 0 Å². The zero-order valence-electron chi connectivity index (χ0n) is 7.65. The second-order valence-electron chi connectivity index (χ2n) is 3.82. The maximum atomic E-state index is 6.01. The first-order valence-corrected chi connectivity index (χ1v) is 5.20. The zero-order chi connectivity index (χ0) is 9.54. The third kappa shape index (κ3) is 1.28. The summed E-state index contributed by atoms with van der Waals surface area (Å²) in [6.45, 7) is 0.983. The summed E-state index contributed by atoms with van der Waals surface area (Å²) < 4.78 is 1.96. The van der Waals surface area contributed by atoms with Crippen LogP contribution in [0, 0.1) is 5.92 Å². The van der Waals surface area contributed by atoms with Gasteiger partial charge in [-0.1, -0.05) is 22.9 Å². The Morgan fingerprint density at radius 3 is 3.07 bits per heavy atom. The van der Waals surface area contributed by atoms with Crippen molar-refractivity contribution >= 4 is 22.6 Å². The highest BCUT2D eigenvalue weighted by molar-refractivity contribution is 6.34. The molecule has 0 N–H and O–H groups in total. The molecule has 0 amide bonds. The number of halogens is 1. The molecule has 2 aromatic rings. The van der Waals surface area contributed by atoms with Crippen molar-refractivity contribution in [3.05, 3.63) is 23.2 Å². The van der Waals surface area contributed by atoms with Gasteiger partial charge in [-0.3, -0.25) is 0 Å². The van der Waals surface area contributed by atoms with Crippen molar-refractivity contribution in [1.82, 2.24) is 15.0 Å². The van der Waals surface area contributed by atoms with Gasteiger partial charge in [-0.25, -0.2) is 4.68 Å². The first kappa shape index (κ1) is 8.24. The van der Waals surface area contributed by atoms with E-state index < -0.39 is 0 Å². The molecule has 3 rings (SSSR count). The molecule has 1 aliphatic rings. The Balaban J connectivity index is 2.10. The highest BCUT2D eigenvalue weighted by Gasteiger charge is 2.23. The first-order chi connectivity index (χ1) is 6.84. The van der Waals surface area contributed by atoms with Crippen LogP contribution in [-0.2, 0) is 6.54 Å². The number of rotatable bonds is 2. The molecule has 0 aliphatic heterocycles. The fourth-order valence-electron chi connectivity index (χ4n) is 1.64. The molecule has 0 radical (unpaired) electrons. The van der Waals surface area contributed by atoms with E-state index in [2.05, 4.69) is 10.3 Å². The second-order valence-corrected chi connectivity index (χ2v) is 4.23. The first-order valence-electron chi connectivity index (χ1n) is 4.82. The summed E-state index contributed by atoms with van der Waals surface area (Å²) in [7, 11) is 0. The lowest BCUT2D eigenvalue weighted by Gasteiger charge is -1.99. The van der Waals surface area contributed by atoms with Crippen molar-refractivity contribution in [2.45, 2.75) is 19.4 Å². The number of fused-ring (bicyclic) bond motifs is 1. The Morgan fingerprint density at radius 1 is 1.43 bits per heavy atom. The molecule has 0 unspecified atom stereocenters. The van der Waals surface area contributed by atoms with Gasteiger partial charge in [0.2, 0.25) is 0 Å². The van der Waals surface area contributed by atoms with E-state index in [0.29, 0.717) is 5.02 Å². The van der Waals surface area contributed by atoms with Crippen molar-refractivity contribution in [2.75, 3.05) is 0 Å². The average Bonchev–Trinajstić information content (AvgIpc) is 2.88. The van der Waals surface area contributed by atoms with Gasteiger partial charge in [-0.05, 0) is 30.9 Å². The number of nitrogens with zero attached hydrogens (tertiary/aromatic N) is 3. The summed E-state index contributed by atoms with van der Waals surface area (Å²) in [6.07, 6.45) is 2.64. The van der Waals surface area contributed by atoms with E-state index in [1.165, 1.54) is 12.8 Å². The summed E-state index contributed by atoms with van der Waals surface area (Å²) in [5.74, 6) is 0.805. The molecule has 1 fully saturated rings. The van der Waals surface area contributed by atoms with Crippen LogP contribution >= 0.6 is 11.6 Å². The lowest BCUT2D eigenvalue weighted by molar-refractivity contribution is 0.559. The van der Waals surface area contributed by atoms with Crippen LogP contribution in [0.15, 0.2) is 18.2 Å². The molecular weight excluding hydrogens is 198 g/mol. The summed E-state index contributed by atoms with van der Waals surface area (Å²) in [5.41, 5.74) is 1.86. The Labute approximate surface area is 86.7 Å². The minimum absolute atomic E-state index is 0.685. The maximum absolute atomic E-state index is 6.01. The van der Waals surface area contributed by atoms with E-state index in [-0.39, 0.29) is 0 Å². The molecule has 1 aliphatic carbocycles. The van der Waals surface area contributed by atoms with Gasteiger partial charge in [-0.15, -0.1) is 5.10 Å². The van der Waals surface area contributed by atoms with E-state index in [1.54, 1.807) is 0 Å². The van der Waals surface area contributed by atoms with E-state index >= 15 is 0 Å². The van der Waals surface area contributed by atoms with Crippen molar-refractivity contribution in [2.24, 2.45) is 5.92 Å². The van der Waals surface area contributed by atoms with Crippen LogP contribution < -0.4 is 0 Å². The predicted octanol–water partition coefficient (Wildman–Crippen LogP) is 2.49. The molecule has 1 aromatic heterocycles. The van der Waals surface area contributed by atoms with E-state index in [0.717, 1.165) is 23.5 Å². The molecule has 4 heteroatoms. The largest absolute Gasteiger partial charge is 0.244 e. The zero-order valence-corrected chi connectivity index (χ0v) is 8.41. The molecule has 72 valence electrons. The normalized spacial score (nSPS) is 16.4. The van der Waals surface area contributed by atoms with Gasteiger partial charge in [0.1, 0.15) is 5.52 Å². The van der Waals surface area contributed by atoms with Crippen LogP contribution in [-0.4, -0.2) is 15.0 Å². The third-order valence-corrected chi connectivity index (χ3v) is 2.93. The molecule has 0 bridgehead atoms. The summed E-state index contributed by atoms with van der Waals surface area (Å²) >= 11 is 6.01.